The molecule has 0 aliphatic carbocycles. The van der Waals surface area contributed by atoms with Crippen LogP contribution in [0.1, 0.15) is 11.4 Å². The fourth-order valence-corrected chi connectivity index (χ4v) is 3.62. The molecule has 0 bridgehead atoms. The number of aromatic nitrogens is 4. The molecule has 6 nitrogen and oxygen atoms in total. The maximum absolute atomic E-state index is 12.1. The minimum absolute atomic E-state index is 0.163. The lowest BCUT2D eigenvalue weighted by Gasteiger charge is -2.07. The lowest BCUT2D eigenvalue weighted by molar-refractivity contribution is -0.113. The highest BCUT2D eigenvalue weighted by Gasteiger charge is 2.09. The first-order chi connectivity index (χ1) is 12.4. The van der Waals surface area contributed by atoms with E-state index in [0.29, 0.717) is 21.6 Å². The summed E-state index contributed by atoms with van der Waals surface area (Å²) in [4.78, 5) is 12.1. The summed E-state index contributed by atoms with van der Waals surface area (Å²) < 4.78 is 2.59. The minimum Gasteiger partial charge on any atom is -0.324 e. The molecule has 0 fully saturated rings. The van der Waals surface area contributed by atoms with Gasteiger partial charge < -0.3 is 5.32 Å². The highest BCUT2D eigenvalue weighted by molar-refractivity contribution is 9.10. The van der Waals surface area contributed by atoms with Gasteiger partial charge in [0, 0.05) is 10.2 Å². The van der Waals surface area contributed by atoms with Crippen molar-refractivity contribution < 1.29 is 4.79 Å². The van der Waals surface area contributed by atoms with Gasteiger partial charge in [0.05, 0.1) is 22.2 Å². The number of nitrogens with one attached hydrogen (secondary N) is 1. The zero-order valence-corrected chi connectivity index (χ0v) is 17.2. The number of aryl methyl sites for hydroxylation is 2. The number of amides is 1. The molecule has 9 heteroatoms. The largest absolute Gasteiger partial charge is 0.324 e. The number of rotatable bonds is 5. The third-order valence-electron chi connectivity index (χ3n) is 3.41. The van der Waals surface area contributed by atoms with Gasteiger partial charge in [0.15, 0.2) is 5.82 Å². The van der Waals surface area contributed by atoms with Crippen molar-refractivity contribution >= 4 is 50.9 Å². The molecule has 0 unspecified atom stereocenters. The van der Waals surface area contributed by atoms with Gasteiger partial charge in [-0.1, -0.05) is 39.3 Å². The van der Waals surface area contributed by atoms with Gasteiger partial charge in [-0.25, -0.2) is 4.68 Å². The summed E-state index contributed by atoms with van der Waals surface area (Å²) in [5.74, 6) is 0.690. The van der Waals surface area contributed by atoms with Crippen LogP contribution in [0.4, 0.5) is 5.69 Å². The number of hydrogen-bond donors (Lipinski definition) is 1. The van der Waals surface area contributed by atoms with E-state index in [1.54, 1.807) is 16.8 Å². The van der Waals surface area contributed by atoms with E-state index in [2.05, 4.69) is 36.5 Å². The number of carbonyl (C=O) groups is 1. The zero-order chi connectivity index (χ0) is 18.7. The lowest BCUT2D eigenvalue weighted by Crippen LogP contribution is -2.14. The molecule has 2 aromatic heterocycles. The zero-order valence-electron chi connectivity index (χ0n) is 14.0. The Bertz CT molecular complexity index is 945. The lowest BCUT2D eigenvalue weighted by atomic mass is 10.3. The fraction of sp³-hybridized carbons (Fsp3) is 0.176. The third kappa shape index (κ3) is 4.63. The number of anilines is 1. The summed E-state index contributed by atoms with van der Waals surface area (Å²) in [5.41, 5.74) is 2.49. The second kappa shape index (κ2) is 8.20. The SMILES string of the molecule is Cc1cc(C)n(-c2ccc(SCC(=O)Nc3ccc(Br)cc3Cl)nn2)n1. The molecular formula is C17H15BrClN5OS. The van der Waals surface area contributed by atoms with Crippen molar-refractivity contribution in [2.24, 2.45) is 0 Å². The summed E-state index contributed by atoms with van der Waals surface area (Å²) in [6.45, 7) is 3.89. The van der Waals surface area contributed by atoms with Gasteiger partial charge >= 0.3 is 0 Å². The summed E-state index contributed by atoms with van der Waals surface area (Å²) in [6, 6.07) is 10.9. The van der Waals surface area contributed by atoms with E-state index in [4.69, 9.17) is 11.6 Å². The summed E-state index contributed by atoms with van der Waals surface area (Å²) >= 11 is 10.7. The molecule has 3 aromatic rings. The van der Waals surface area contributed by atoms with E-state index in [1.165, 1.54) is 11.8 Å². The Morgan fingerprint density at radius 3 is 2.65 bits per heavy atom. The summed E-state index contributed by atoms with van der Waals surface area (Å²) in [6.07, 6.45) is 0. The van der Waals surface area contributed by atoms with Crippen LogP contribution in [0.3, 0.4) is 0 Å². The van der Waals surface area contributed by atoms with Crippen LogP contribution in [-0.4, -0.2) is 31.6 Å². The Morgan fingerprint density at radius 2 is 2.04 bits per heavy atom. The fourth-order valence-electron chi connectivity index (χ4n) is 2.28. The molecule has 0 aliphatic heterocycles. The van der Waals surface area contributed by atoms with Gasteiger partial charge in [-0.2, -0.15) is 5.10 Å². The van der Waals surface area contributed by atoms with Crippen molar-refractivity contribution in [2.75, 3.05) is 11.1 Å². The molecule has 0 saturated heterocycles. The van der Waals surface area contributed by atoms with Crippen LogP contribution in [0.15, 0.2) is 45.9 Å². The van der Waals surface area contributed by atoms with Gasteiger partial charge in [-0.3, -0.25) is 4.79 Å². The maximum Gasteiger partial charge on any atom is 0.234 e. The number of halogens is 2. The number of nitrogens with zero attached hydrogens (tertiary/aromatic N) is 4. The molecule has 3 rings (SSSR count). The predicted molar refractivity (Wildman–Crippen MR) is 107 cm³/mol. The standard InChI is InChI=1S/C17H15BrClN5OS/c1-10-7-11(2)24(23-10)15-5-6-17(22-21-15)26-9-16(25)20-14-4-3-12(18)8-13(14)19/h3-8H,9H2,1-2H3,(H,20,25). The minimum atomic E-state index is -0.163. The number of benzene rings is 1. The Balaban J connectivity index is 1.59. The van der Waals surface area contributed by atoms with E-state index >= 15 is 0 Å². The van der Waals surface area contributed by atoms with Crippen LogP contribution >= 0.6 is 39.3 Å². The first kappa shape index (κ1) is 18.9. The van der Waals surface area contributed by atoms with Crippen LogP contribution in [0.5, 0.6) is 0 Å². The van der Waals surface area contributed by atoms with E-state index in [9.17, 15) is 4.79 Å². The molecular weight excluding hydrogens is 438 g/mol. The predicted octanol–water partition coefficient (Wildman–Crippen LogP) is 4.43. The van der Waals surface area contributed by atoms with Gasteiger partial charge in [-0.05, 0) is 50.2 Å². The van der Waals surface area contributed by atoms with E-state index in [0.717, 1.165) is 15.9 Å². The molecule has 0 aliphatic rings. The highest BCUT2D eigenvalue weighted by Crippen LogP contribution is 2.26. The molecule has 0 spiro atoms. The van der Waals surface area contributed by atoms with Gasteiger partial charge in [-0.15, -0.1) is 10.2 Å². The maximum atomic E-state index is 12.1. The van der Waals surface area contributed by atoms with Crippen molar-refractivity contribution in [1.29, 1.82) is 0 Å². The summed E-state index contributed by atoms with van der Waals surface area (Å²) in [7, 11) is 0. The van der Waals surface area contributed by atoms with E-state index in [-0.39, 0.29) is 11.7 Å². The van der Waals surface area contributed by atoms with Crippen molar-refractivity contribution in [3.05, 3.63) is 57.3 Å². The summed E-state index contributed by atoms with van der Waals surface area (Å²) in [5, 5.41) is 16.6. The average Bonchev–Trinajstić information content (AvgIpc) is 2.94. The number of hydrogen-bond acceptors (Lipinski definition) is 5. The molecule has 0 atom stereocenters. The smallest absolute Gasteiger partial charge is 0.234 e. The first-order valence-corrected chi connectivity index (χ1v) is 9.83. The van der Waals surface area contributed by atoms with Crippen LogP contribution in [0.2, 0.25) is 5.02 Å². The highest BCUT2D eigenvalue weighted by atomic mass is 79.9. The molecule has 0 saturated carbocycles. The van der Waals surface area contributed by atoms with E-state index in [1.807, 2.05) is 38.1 Å². The van der Waals surface area contributed by atoms with E-state index < -0.39 is 0 Å². The third-order valence-corrected chi connectivity index (χ3v) is 5.13. The molecule has 1 amide bonds. The number of thioether (sulfide) groups is 1. The monoisotopic (exact) mass is 451 g/mol. The van der Waals surface area contributed by atoms with Crippen molar-refractivity contribution in [3.8, 4) is 5.82 Å². The van der Waals surface area contributed by atoms with Crippen molar-refractivity contribution in [1.82, 2.24) is 20.0 Å². The number of carbonyl (C=O) groups excluding carboxylic acids is 1. The molecule has 1 N–H and O–H groups in total. The molecule has 2 heterocycles. The van der Waals surface area contributed by atoms with Crippen LogP contribution in [-0.2, 0) is 4.79 Å². The quantitative estimate of drug-likeness (QED) is 0.580. The molecule has 134 valence electrons. The Kier molecular flexibility index (Phi) is 5.95. The molecule has 1 aromatic carbocycles. The van der Waals surface area contributed by atoms with Crippen LogP contribution in [0.25, 0.3) is 5.82 Å². The first-order valence-electron chi connectivity index (χ1n) is 7.67. The van der Waals surface area contributed by atoms with Crippen LogP contribution in [0, 0.1) is 13.8 Å². The average molecular weight is 453 g/mol. The van der Waals surface area contributed by atoms with Gasteiger partial charge in [0.1, 0.15) is 5.03 Å². The molecule has 0 radical (unpaired) electrons. The van der Waals surface area contributed by atoms with Gasteiger partial charge in [0.25, 0.3) is 0 Å². The second-order valence-electron chi connectivity index (χ2n) is 5.53. The van der Waals surface area contributed by atoms with Crippen LogP contribution < -0.4 is 5.32 Å². The Morgan fingerprint density at radius 1 is 1.23 bits per heavy atom. The second-order valence-corrected chi connectivity index (χ2v) is 7.85. The molecule has 26 heavy (non-hydrogen) atoms. The normalized spacial score (nSPS) is 10.8. The Labute approximate surface area is 168 Å². The van der Waals surface area contributed by atoms with Crippen molar-refractivity contribution in [2.45, 2.75) is 18.9 Å². The topological polar surface area (TPSA) is 72.7 Å². The van der Waals surface area contributed by atoms with Gasteiger partial charge in [0.2, 0.25) is 5.91 Å². The Hall–Kier alpha value is -1.90. The van der Waals surface area contributed by atoms with Crippen molar-refractivity contribution in [3.63, 3.8) is 0 Å².